The number of furan rings is 1. The molecule has 11 rings (SSSR count). The average molecular weight is 701 g/mol. The zero-order chi connectivity index (χ0) is 44.3. The molecule has 3 aromatic heterocycles. The maximum Gasteiger partial charge on any atom is 0.164 e. The molecule has 0 aliphatic heterocycles. The summed E-state index contributed by atoms with van der Waals surface area (Å²) in [5.74, 6) is -0.755. The van der Waals surface area contributed by atoms with Crippen molar-refractivity contribution in [2.75, 3.05) is 0 Å². The molecular weight excluding hydrogens is 661 g/mol. The van der Waals surface area contributed by atoms with Crippen LogP contribution in [0.3, 0.4) is 0 Å². The van der Waals surface area contributed by atoms with Gasteiger partial charge in [-0.05, 0) is 64.4 Å². The van der Waals surface area contributed by atoms with E-state index in [2.05, 4.69) is 58.1 Å². The van der Waals surface area contributed by atoms with Crippen LogP contribution in [-0.2, 0) is 0 Å². The zero-order valence-electron chi connectivity index (χ0n) is 38.2. The van der Waals surface area contributed by atoms with Gasteiger partial charge in [0.1, 0.15) is 11.2 Å². The van der Waals surface area contributed by atoms with E-state index in [1.165, 1.54) is 0 Å². The number of hydrogen-bond acceptors (Lipinski definition) is 4. The Kier molecular flexibility index (Phi) is 4.90. The molecule has 5 nitrogen and oxygen atoms in total. The Morgan fingerprint density at radius 2 is 1.11 bits per heavy atom. The second-order valence-electron chi connectivity index (χ2n) is 12.9. The van der Waals surface area contributed by atoms with Crippen molar-refractivity contribution >= 4 is 54.5 Å². The molecule has 5 heteroatoms. The summed E-state index contributed by atoms with van der Waals surface area (Å²) in [5.41, 5.74) is 5.21. The van der Waals surface area contributed by atoms with Crippen LogP contribution in [0.4, 0.5) is 0 Å². The second-order valence-corrected chi connectivity index (χ2v) is 12.9. The lowest BCUT2D eigenvalue weighted by Gasteiger charge is -2.13. The molecule has 0 aliphatic carbocycles. The van der Waals surface area contributed by atoms with Gasteiger partial charge in [-0.3, -0.25) is 0 Å². The van der Waals surface area contributed by atoms with Crippen molar-refractivity contribution in [3.63, 3.8) is 0 Å². The maximum absolute atomic E-state index is 8.84. The van der Waals surface area contributed by atoms with Crippen LogP contribution in [0, 0.1) is 0 Å². The highest BCUT2D eigenvalue weighted by atomic mass is 16.3. The first-order valence-electron chi connectivity index (χ1n) is 22.3. The molecule has 0 amide bonds. The SMILES string of the molecule is [2H]c1c([2H])c([2H])c(-c2nc(-c3c([2H])c([2H])c([2H])c([2H])c3[2H])nc(-c3cc(-c4cccc(-n5c6ccccc6c6c7ccccc7ccc65)c4)cc4oc5ccccc5c34)n2)c([2H])c1[2H]. The minimum absolute atomic E-state index is 0.0533. The smallest absolute Gasteiger partial charge is 0.164 e. The van der Waals surface area contributed by atoms with Crippen LogP contribution < -0.4 is 0 Å². The average Bonchev–Trinajstić information content (AvgIpc) is 3.87. The fraction of sp³-hybridized carbons (Fsp3) is 0. The quantitative estimate of drug-likeness (QED) is 0.179. The van der Waals surface area contributed by atoms with Gasteiger partial charge in [-0.2, -0.15) is 0 Å². The minimum atomic E-state index is -0.621. The zero-order valence-corrected chi connectivity index (χ0v) is 28.2. The predicted molar refractivity (Wildman–Crippen MR) is 221 cm³/mol. The molecule has 0 saturated heterocycles. The van der Waals surface area contributed by atoms with E-state index < -0.39 is 60.4 Å². The lowest BCUT2D eigenvalue weighted by Crippen LogP contribution is -2.00. The van der Waals surface area contributed by atoms with Crippen LogP contribution in [0.25, 0.3) is 105 Å². The Balaban J connectivity index is 1.20. The predicted octanol–water partition coefficient (Wildman–Crippen LogP) is 12.7. The largest absolute Gasteiger partial charge is 0.456 e. The summed E-state index contributed by atoms with van der Waals surface area (Å²) in [6, 6.07) is 34.2. The van der Waals surface area contributed by atoms with Crippen molar-refractivity contribution in [1.82, 2.24) is 19.5 Å². The topological polar surface area (TPSA) is 56.7 Å². The van der Waals surface area contributed by atoms with E-state index in [1.807, 2.05) is 72.8 Å². The van der Waals surface area contributed by atoms with E-state index >= 15 is 0 Å². The van der Waals surface area contributed by atoms with Gasteiger partial charge in [0.2, 0.25) is 0 Å². The summed E-state index contributed by atoms with van der Waals surface area (Å²) < 4.78 is 94.3. The Labute approximate surface area is 324 Å². The Morgan fingerprint density at radius 1 is 0.444 bits per heavy atom. The third-order valence-electron chi connectivity index (χ3n) is 9.80. The van der Waals surface area contributed by atoms with Crippen LogP contribution in [-0.4, -0.2) is 19.5 Å². The molecule has 0 atom stereocenters. The number of fused-ring (bicyclic) bond motifs is 8. The van der Waals surface area contributed by atoms with Crippen LogP contribution in [0.15, 0.2) is 186 Å². The van der Waals surface area contributed by atoms with E-state index in [1.54, 1.807) is 0 Å². The normalized spacial score (nSPS) is 14.3. The standard InChI is InChI=1S/C49H30N4O/c1-3-15-32(16-4-1)47-50-48(33-17-5-2-6-18-33)52-49(51-47)40-29-35(30-44-46(40)39-23-10-12-25-43(39)54-44)34-19-13-20-36(28-34)53-41-24-11-9-22-38(41)45-37-21-8-7-14-31(37)26-27-42(45)53/h1-30H/i1D,2D,3D,4D,5D,6D,15D,16D,17D,18D. The van der Waals surface area contributed by atoms with Gasteiger partial charge in [0.15, 0.2) is 17.5 Å². The number of aromatic nitrogens is 4. The number of benzene rings is 8. The Morgan fingerprint density at radius 3 is 1.89 bits per heavy atom. The van der Waals surface area contributed by atoms with E-state index in [-0.39, 0.29) is 28.6 Å². The number of rotatable bonds is 5. The van der Waals surface area contributed by atoms with Crippen LogP contribution in [0.2, 0.25) is 0 Å². The van der Waals surface area contributed by atoms with Crippen LogP contribution >= 0.6 is 0 Å². The van der Waals surface area contributed by atoms with Crippen LogP contribution in [0.5, 0.6) is 0 Å². The third-order valence-corrected chi connectivity index (χ3v) is 9.80. The van der Waals surface area contributed by atoms with Crippen molar-refractivity contribution in [3.05, 3.63) is 182 Å². The summed E-state index contributed by atoms with van der Waals surface area (Å²) in [7, 11) is 0. The number of para-hydroxylation sites is 2. The first kappa shape index (κ1) is 21.9. The molecule has 54 heavy (non-hydrogen) atoms. The van der Waals surface area contributed by atoms with Gasteiger partial charge in [0, 0.05) is 43.9 Å². The summed E-state index contributed by atoms with van der Waals surface area (Å²) in [4.78, 5) is 14.1. The van der Waals surface area contributed by atoms with E-state index in [0.717, 1.165) is 43.8 Å². The summed E-state index contributed by atoms with van der Waals surface area (Å²) in [6.07, 6.45) is 0. The van der Waals surface area contributed by atoms with Gasteiger partial charge < -0.3 is 8.98 Å². The minimum Gasteiger partial charge on any atom is -0.456 e. The third kappa shape index (κ3) is 4.83. The molecule has 0 unspecified atom stereocenters. The molecule has 0 radical (unpaired) electrons. The van der Waals surface area contributed by atoms with Crippen molar-refractivity contribution < 1.29 is 18.1 Å². The molecule has 0 N–H and O–H groups in total. The van der Waals surface area contributed by atoms with Crippen molar-refractivity contribution in [3.8, 4) is 51.0 Å². The van der Waals surface area contributed by atoms with Gasteiger partial charge in [-0.1, -0.05) is 139 Å². The van der Waals surface area contributed by atoms with Crippen molar-refractivity contribution in [2.45, 2.75) is 0 Å². The van der Waals surface area contributed by atoms with Gasteiger partial charge in [-0.15, -0.1) is 0 Å². The second kappa shape index (κ2) is 12.1. The van der Waals surface area contributed by atoms with Crippen LogP contribution in [0.1, 0.15) is 13.7 Å². The molecule has 11 aromatic rings. The van der Waals surface area contributed by atoms with E-state index in [9.17, 15) is 0 Å². The fourth-order valence-electron chi connectivity index (χ4n) is 7.48. The first-order valence-corrected chi connectivity index (χ1v) is 17.3. The Hall–Kier alpha value is -7.37. The number of nitrogens with zero attached hydrogens (tertiary/aromatic N) is 4. The van der Waals surface area contributed by atoms with Crippen molar-refractivity contribution in [1.29, 1.82) is 0 Å². The fourth-order valence-corrected chi connectivity index (χ4v) is 7.48. The molecule has 0 saturated carbocycles. The lowest BCUT2D eigenvalue weighted by atomic mass is 9.97. The highest BCUT2D eigenvalue weighted by Gasteiger charge is 2.21. The van der Waals surface area contributed by atoms with Gasteiger partial charge >= 0.3 is 0 Å². The van der Waals surface area contributed by atoms with Gasteiger partial charge in [0.25, 0.3) is 0 Å². The monoisotopic (exact) mass is 700 g/mol. The van der Waals surface area contributed by atoms with Crippen molar-refractivity contribution in [2.24, 2.45) is 0 Å². The Bertz CT molecular complexity index is 3680. The highest BCUT2D eigenvalue weighted by molar-refractivity contribution is 6.21. The summed E-state index contributed by atoms with van der Waals surface area (Å²) in [6.45, 7) is 0. The summed E-state index contributed by atoms with van der Waals surface area (Å²) in [5, 5.41) is 5.85. The molecule has 8 aromatic carbocycles. The van der Waals surface area contributed by atoms with E-state index in [0.29, 0.717) is 33.1 Å². The summed E-state index contributed by atoms with van der Waals surface area (Å²) >= 11 is 0. The molecule has 0 aliphatic rings. The van der Waals surface area contributed by atoms with Gasteiger partial charge in [0.05, 0.1) is 24.7 Å². The lowest BCUT2D eigenvalue weighted by molar-refractivity contribution is 0.669. The molecule has 252 valence electrons. The first-order chi connectivity index (χ1) is 30.9. The maximum atomic E-state index is 8.84. The number of hydrogen-bond donors (Lipinski definition) is 0. The van der Waals surface area contributed by atoms with E-state index in [4.69, 9.17) is 28.1 Å². The molecule has 0 spiro atoms. The molecule has 0 fully saturated rings. The molecular formula is C49H30N4O. The molecule has 3 heterocycles. The highest BCUT2D eigenvalue weighted by Crippen LogP contribution is 2.41. The molecule has 0 bridgehead atoms. The van der Waals surface area contributed by atoms with Gasteiger partial charge in [-0.25, -0.2) is 15.0 Å².